The van der Waals surface area contributed by atoms with Crippen LogP contribution >= 0.6 is 12.4 Å². The van der Waals surface area contributed by atoms with E-state index >= 15 is 0 Å². The second kappa shape index (κ2) is 7.67. The van der Waals surface area contributed by atoms with Crippen LogP contribution in [0.3, 0.4) is 0 Å². The molecule has 0 aliphatic heterocycles. The van der Waals surface area contributed by atoms with Crippen molar-refractivity contribution >= 4 is 18.3 Å². The molecule has 0 aliphatic rings. The fourth-order valence-electron chi connectivity index (χ4n) is 1.89. The minimum atomic E-state index is -0.0311. The van der Waals surface area contributed by atoms with Gasteiger partial charge in [0, 0.05) is 12.4 Å². The van der Waals surface area contributed by atoms with Gasteiger partial charge in [-0.1, -0.05) is 12.1 Å². The summed E-state index contributed by atoms with van der Waals surface area (Å²) in [5, 5.41) is 9.97. The Morgan fingerprint density at radius 2 is 2.20 bits per heavy atom. The molecule has 20 heavy (non-hydrogen) atoms. The van der Waals surface area contributed by atoms with E-state index in [2.05, 4.69) is 15.7 Å². The molecule has 2 N–H and O–H groups in total. The first kappa shape index (κ1) is 16.2. The van der Waals surface area contributed by atoms with Gasteiger partial charge in [-0.3, -0.25) is 4.79 Å². The van der Waals surface area contributed by atoms with Gasteiger partial charge in [-0.2, -0.15) is 5.10 Å². The maximum atomic E-state index is 11.5. The number of likely N-dealkylation sites (N-methyl/N-ethyl adjacent to an activating group) is 1. The van der Waals surface area contributed by atoms with Gasteiger partial charge < -0.3 is 10.6 Å². The van der Waals surface area contributed by atoms with Crippen LogP contribution in [0.1, 0.15) is 18.5 Å². The second-order valence-electron chi connectivity index (χ2n) is 4.37. The van der Waals surface area contributed by atoms with E-state index in [4.69, 9.17) is 0 Å². The van der Waals surface area contributed by atoms with E-state index in [1.807, 2.05) is 43.5 Å². The third-order valence-corrected chi connectivity index (χ3v) is 2.85. The van der Waals surface area contributed by atoms with E-state index in [-0.39, 0.29) is 24.4 Å². The quantitative estimate of drug-likeness (QED) is 0.882. The van der Waals surface area contributed by atoms with Gasteiger partial charge in [0.2, 0.25) is 5.91 Å². The number of carbonyl (C=O) groups excluding carboxylic acids is 1. The number of aromatic nitrogens is 2. The normalized spacial score (nSPS) is 11.5. The van der Waals surface area contributed by atoms with Crippen LogP contribution in [0, 0.1) is 0 Å². The third-order valence-electron chi connectivity index (χ3n) is 2.85. The van der Waals surface area contributed by atoms with Crippen LogP contribution in [-0.4, -0.2) is 29.3 Å². The number of nitrogens with one attached hydrogen (secondary N) is 2. The molecule has 0 spiro atoms. The molecule has 2 aromatic rings. The Balaban J connectivity index is 0.00000200. The van der Waals surface area contributed by atoms with Crippen LogP contribution < -0.4 is 10.6 Å². The monoisotopic (exact) mass is 294 g/mol. The number of hydrogen-bond acceptors (Lipinski definition) is 3. The number of rotatable bonds is 5. The molecule has 1 unspecified atom stereocenters. The summed E-state index contributed by atoms with van der Waals surface area (Å²) in [6.07, 6.45) is 3.63. The van der Waals surface area contributed by atoms with Crippen molar-refractivity contribution in [3.63, 3.8) is 0 Å². The molecule has 108 valence electrons. The molecule has 5 nitrogen and oxygen atoms in total. The number of amides is 1. The average Bonchev–Trinajstić information content (AvgIpc) is 2.93. The lowest BCUT2D eigenvalue weighted by Crippen LogP contribution is -2.33. The lowest BCUT2D eigenvalue weighted by Gasteiger charge is -2.15. The molecule has 1 heterocycles. The van der Waals surface area contributed by atoms with Crippen molar-refractivity contribution in [2.75, 3.05) is 13.6 Å². The molecular formula is C14H19ClN4O. The molecule has 1 aromatic carbocycles. The fraction of sp³-hybridized carbons (Fsp3) is 0.286. The van der Waals surface area contributed by atoms with Gasteiger partial charge in [0.05, 0.1) is 18.3 Å². The van der Waals surface area contributed by atoms with E-state index in [0.29, 0.717) is 6.54 Å². The second-order valence-corrected chi connectivity index (χ2v) is 4.37. The van der Waals surface area contributed by atoms with Crippen LogP contribution in [0.15, 0.2) is 42.7 Å². The Labute approximate surface area is 124 Å². The van der Waals surface area contributed by atoms with Crippen molar-refractivity contribution in [3.05, 3.63) is 48.3 Å². The number of nitrogens with zero attached hydrogens (tertiary/aromatic N) is 2. The summed E-state index contributed by atoms with van der Waals surface area (Å²) in [6.45, 7) is 2.29. The molecule has 1 atom stereocenters. The summed E-state index contributed by atoms with van der Waals surface area (Å²) in [6, 6.07) is 9.82. The van der Waals surface area contributed by atoms with Gasteiger partial charge in [-0.25, -0.2) is 4.68 Å². The zero-order valence-corrected chi connectivity index (χ0v) is 12.4. The van der Waals surface area contributed by atoms with Crippen molar-refractivity contribution in [2.24, 2.45) is 0 Å². The molecule has 1 amide bonds. The van der Waals surface area contributed by atoms with Crippen molar-refractivity contribution in [1.82, 2.24) is 20.4 Å². The third kappa shape index (κ3) is 4.08. The predicted octanol–water partition coefficient (Wildman–Crippen LogP) is 1.69. The molecular weight excluding hydrogens is 276 g/mol. The SMILES string of the molecule is CNCC(=O)NC(C)c1cccc(-n2cccn2)c1.Cl. The first-order valence-electron chi connectivity index (χ1n) is 6.24. The maximum absolute atomic E-state index is 11.5. The van der Waals surface area contributed by atoms with Gasteiger partial charge >= 0.3 is 0 Å². The van der Waals surface area contributed by atoms with Crippen molar-refractivity contribution in [1.29, 1.82) is 0 Å². The minimum absolute atomic E-state index is 0. The summed E-state index contributed by atoms with van der Waals surface area (Å²) in [7, 11) is 1.75. The summed E-state index contributed by atoms with van der Waals surface area (Å²) in [5.74, 6) is -0.0144. The zero-order valence-electron chi connectivity index (χ0n) is 11.5. The molecule has 0 fully saturated rings. The Bertz CT molecular complexity index is 542. The Hall–Kier alpha value is -1.85. The summed E-state index contributed by atoms with van der Waals surface area (Å²) >= 11 is 0. The molecule has 0 aliphatic carbocycles. The van der Waals surface area contributed by atoms with Crippen molar-refractivity contribution in [2.45, 2.75) is 13.0 Å². The van der Waals surface area contributed by atoms with E-state index < -0.39 is 0 Å². The van der Waals surface area contributed by atoms with Gasteiger partial charge in [-0.15, -0.1) is 12.4 Å². The average molecular weight is 295 g/mol. The number of carbonyl (C=O) groups is 1. The lowest BCUT2D eigenvalue weighted by atomic mass is 10.1. The van der Waals surface area contributed by atoms with Gasteiger partial charge in [-0.05, 0) is 37.7 Å². The molecule has 0 bridgehead atoms. The molecule has 0 radical (unpaired) electrons. The first-order chi connectivity index (χ1) is 9.20. The van der Waals surface area contributed by atoms with Crippen LogP contribution in [0.25, 0.3) is 5.69 Å². The van der Waals surface area contributed by atoms with Gasteiger partial charge in [0.15, 0.2) is 0 Å². The standard InChI is InChI=1S/C14H18N4O.ClH/c1-11(17-14(19)10-15-2)12-5-3-6-13(9-12)18-8-4-7-16-18;/h3-9,11,15H,10H2,1-2H3,(H,17,19);1H. The van der Waals surface area contributed by atoms with Crippen LogP contribution in [-0.2, 0) is 4.79 Å². The summed E-state index contributed by atoms with van der Waals surface area (Å²) in [5.41, 5.74) is 2.04. The number of hydrogen-bond donors (Lipinski definition) is 2. The molecule has 0 saturated heterocycles. The highest BCUT2D eigenvalue weighted by Gasteiger charge is 2.09. The lowest BCUT2D eigenvalue weighted by molar-refractivity contribution is -0.120. The molecule has 1 aromatic heterocycles. The number of halogens is 1. The molecule has 6 heteroatoms. The fourth-order valence-corrected chi connectivity index (χ4v) is 1.89. The zero-order chi connectivity index (χ0) is 13.7. The van der Waals surface area contributed by atoms with Gasteiger partial charge in [0.1, 0.15) is 0 Å². The highest BCUT2D eigenvalue weighted by atomic mass is 35.5. The highest BCUT2D eigenvalue weighted by Crippen LogP contribution is 2.16. The Morgan fingerprint density at radius 3 is 2.85 bits per heavy atom. The Kier molecular flexibility index (Phi) is 6.21. The van der Waals surface area contributed by atoms with Crippen molar-refractivity contribution < 1.29 is 4.79 Å². The largest absolute Gasteiger partial charge is 0.348 e. The van der Waals surface area contributed by atoms with Gasteiger partial charge in [0.25, 0.3) is 0 Å². The molecule has 2 rings (SSSR count). The minimum Gasteiger partial charge on any atom is -0.348 e. The highest BCUT2D eigenvalue weighted by molar-refractivity contribution is 5.85. The van der Waals surface area contributed by atoms with E-state index in [1.54, 1.807) is 17.9 Å². The van der Waals surface area contributed by atoms with E-state index in [0.717, 1.165) is 11.3 Å². The first-order valence-corrected chi connectivity index (χ1v) is 6.24. The Morgan fingerprint density at radius 1 is 1.40 bits per heavy atom. The number of benzene rings is 1. The summed E-state index contributed by atoms with van der Waals surface area (Å²) in [4.78, 5) is 11.5. The van der Waals surface area contributed by atoms with Crippen LogP contribution in [0.5, 0.6) is 0 Å². The topological polar surface area (TPSA) is 59.0 Å². The van der Waals surface area contributed by atoms with Crippen LogP contribution in [0.2, 0.25) is 0 Å². The summed E-state index contributed by atoms with van der Waals surface area (Å²) < 4.78 is 1.80. The maximum Gasteiger partial charge on any atom is 0.234 e. The van der Waals surface area contributed by atoms with Crippen LogP contribution in [0.4, 0.5) is 0 Å². The van der Waals surface area contributed by atoms with Crippen molar-refractivity contribution in [3.8, 4) is 5.69 Å². The smallest absolute Gasteiger partial charge is 0.234 e. The molecule has 0 saturated carbocycles. The van der Waals surface area contributed by atoms with E-state index in [9.17, 15) is 4.79 Å². The predicted molar refractivity (Wildman–Crippen MR) is 81.3 cm³/mol. The van der Waals surface area contributed by atoms with E-state index in [1.165, 1.54) is 0 Å².